The largest absolute Gasteiger partial charge is 0.493 e. The summed E-state index contributed by atoms with van der Waals surface area (Å²) in [5, 5.41) is 13.2. The molecule has 0 radical (unpaired) electrons. The van der Waals surface area contributed by atoms with E-state index in [1.165, 1.54) is 38.5 Å². The Hall–Kier alpha value is -3.83. The predicted octanol–water partition coefficient (Wildman–Crippen LogP) is 2.94. The Labute approximate surface area is 189 Å². The van der Waals surface area contributed by atoms with Gasteiger partial charge in [0.15, 0.2) is 11.5 Å². The van der Waals surface area contributed by atoms with Gasteiger partial charge in [-0.2, -0.15) is 0 Å². The van der Waals surface area contributed by atoms with Crippen molar-refractivity contribution in [2.45, 2.75) is 4.90 Å². The van der Waals surface area contributed by atoms with Crippen molar-refractivity contribution < 1.29 is 37.3 Å². The summed E-state index contributed by atoms with van der Waals surface area (Å²) in [5.74, 6) is -1.40. The summed E-state index contributed by atoms with van der Waals surface area (Å²) in [4.78, 5) is 23.9. The van der Waals surface area contributed by atoms with Crippen LogP contribution >= 0.6 is 0 Å². The lowest BCUT2D eigenvalue weighted by Crippen LogP contribution is -2.16. The number of rotatable bonds is 9. The number of aromatic carboxylic acids is 1. The molecule has 1 aliphatic rings. The Morgan fingerprint density at radius 3 is 2.58 bits per heavy atom. The van der Waals surface area contributed by atoms with E-state index in [1.807, 2.05) is 0 Å². The summed E-state index contributed by atoms with van der Waals surface area (Å²) in [5.41, 5.74) is 0.351. The Morgan fingerprint density at radius 2 is 1.88 bits per heavy atom. The summed E-state index contributed by atoms with van der Waals surface area (Å²) in [7, 11) is -1.42. The van der Waals surface area contributed by atoms with Crippen molar-refractivity contribution in [2.24, 2.45) is 0 Å². The van der Waals surface area contributed by atoms with Crippen LogP contribution in [0.3, 0.4) is 0 Å². The second kappa shape index (κ2) is 8.60. The fraction of sp³-hybridized carbons (Fsp3) is 0.182. The molecule has 1 amide bonds. The third kappa shape index (κ3) is 4.03. The Kier molecular flexibility index (Phi) is 5.83. The van der Waals surface area contributed by atoms with E-state index in [0.29, 0.717) is 22.0 Å². The van der Waals surface area contributed by atoms with Gasteiger partial charge in [-0.15, -0.1) is 0 Å². The summed E-state index contributed by atoms with van der Waals surface area (Å²) in [6.07, 6.45) is 0. The number of hydrogen-bond acceptors (Lipinski definition) is 7. The zero-order valence-corrected chi connectivity index (χ0v) is 18.5. The van der Waals surface area contributed by atoms with Gasteiger partial charge in [-0.3, -0.25) is 9.52 Å². The van der Waals surface area contributed by atoms with Gasteiger partial charge in [0.25, 0.3) is 15.9 Å². The van der Waals surface area contributed by atoms with E-state index in [4.69, 9.17) is 14.2 Å². The van der Waals surface area contributed by atoms with Crippen LogP contribution in [0.4, 0.5) is 11.4 Å². The molecule has 0 bridgehead atoms. The number of benzene rings is 3. The lowest BCUT2D eigenvalue weighted by molar-refractivity contribution is 0.0697. The van der Waals surface area contributed by atoms with Crippen molar-refractivity contribution in [3.63, 3.8) is 0 Å². The first-order valence-corrected chi connectivity index (χ1v) is 11.2. The number of anilines is 2. The molecule has 0 spiro atoms. The third-order valence-corrected chi connectivity index (χ3v) is 6.53. The first kappa shape index (κ1) is 22.4. The smallest absolute Gasteiger partial charge is 0.337 e. The molecule has 0 fully saturated rings. The minimum atomic E-state index is -4.25. The second-order valence-corrected chi connectivity index (χ2v) is 8.74. The van der Waals surface area contributed by atoms with Gasteiger partial charge < -0.3 is 24.6 Å². The maximum absolute atomic E-state index is 13.3. The monoisotopic (exact) mass is 472 g/mol. The molecule has 1 aliphatic heterocycles. The van der Waals surface area contributed by atoms with Crippen molar-refractivity contribution in [3.05, 3.63) is 53.6 Å². The molecule has 0 aromatic heterocycles. The number of carbonyl (C=O) groups excluding carboxylic acids is 1. The number of sulfonamides is 1. The molecule has 0 unspecified atom stereocenters. The molecule has 33 heavy (non-hydrogen) atoms. The first-order chi connectivity index (χ1) is 15.8. The Bertz CT molecular complexity index is 1380. The van der Waals surface area contributed by atoms with Crippen LogP contribution in [0.2, 0.25) is 0 Å². The summed E-state index contributed by atoms with van der Waals surface area (Å²) in [6, 6.07) is 10.1. The minimum absolute atomic E-state index is 0.103. The van der Waals surface area contributed by atoms with Crippen LogP contribution in [0.15, 0.2) is 47.4 Å². The van der Waals surface area contributed by atoms with Crippen LogP contribution in [-0.4, -0.2) is 52.8 Å². The Morgan fingerprint density at radius 1 is 1.09 bits per heavy atom. The molecule has 11 heteroatoms. The molecular formula is C22H20N2O8S. The zero-order valence-electron chi connectivity index (χ0n) is 17.7. The molecule has 4 rings (SSSR count). The molecule has 10 nitrogen and oxygen atoms in total. The molecule has 1 heterocycles. The molecule has 0 atom stereocenters. The average molecular weight is 472 g/mol. The number of hydrogen-bond donors (Lipinski definition) is 3. The minimum Gasteiger partial charge on any atom is -0.493 e. The van der Waals surface area contributed by atoms with E-state index >= 15 is 0 Å². The number of ether oxygens (including phenoxy) is 3. The van der Waals surface area contributed by atoms with Crippen molar-refractivity contribution in [3.8, 4) is 11.5 Å². The van der Waals surface area contributed by atoms with Crippen LogP contribution < -0.4 is 19.5 Å². The van der Waals surface area contributed by atoms with Crippen molar-refractivity contribution >= 4 is 44.0 Å². The number of carbonyl (C=O) groups is 2. The second-order valence-electron chi connectivity index (χ2n) is 7.09. The normalized spacial score (nSPS) is 12.5. The van der Waals surface area contributed by atoms with Crippen molar-refractivity contribution in [1.29, 1.82) is 0 Å². The maximum atomic E-state index is 13.3. The van der Waals surface area contributed by atoms with E-state index in [-0.39, 0.29) is 46.8 Å². The van der Waals surface area contributed by atoms with E-state index in [2.05, 4.69) is 10.0 Å². The number of carboxylic acids is 1. The predicted molar refractivity (Wildman–Crippen MR) is 120 cm³/mol. The van der Waals surface area contributed by atoms with Crippen LogP contribution in [0.1, 0.15) is 20.7 Å². The van der Waals surface area contributed by atoms with Crippen LogP contribution in [-0.2, 0) is 14.8 Å². The van der Waals surface area contributed by atoms with E-state index in [0.717, 1.165) is 0 Å². The molecule has 0 aliphatic carbocycles. The lowest BCUT2D eigenvalue weighted by atomic mass is 10.1. The van der Waals surface area contributed by atoms with Gasteiger partial charge in [-0.25, -0.2) is 13.2 Å². The molecule has 0 saturated heterocycles. The Balaban J connectivity index is 1.80. The molecule has 0 saturated carbocycles. The van der Waals surface area contributed by atoms with Gasteiger partial charge in [0.05, 0.1) is 29.9 Å². The highest BCUT2D eigenvalue weighted by Gasteiger charge is 2.28. The van der Waals surface area contributed by atoms with Crippen LogP contribution in [0.25, 0.3) is 10.8 Å². The summed E-state index contributed by atoms with van der Waals surface area (Å²) < 4.78 is 44.7. The zero-order chi connectivity index (χ0) is 23.8. The van der Waals surface area contributed by atoms with Crippen LogP contribution in [0.5, 0.6) is 11.5 Å². The SMILES string of the molecule is COCCOc1cc(NS(=O)(=O)c2ccc3c4c(cccc24)C(=O)N3)c(C(=O)O)cc1OC. The quantitative estimate of drug-likeness (QED) is 0.404. The number of carboxylic acid groups (broad SMARTS) is 1. The molecule has 172 valence electrons. The molecular weight excluding hydrogens is 452 g/mol. The topological polar surface area (TPSA) is 140 Å². The summed E-state index contributed by atoms with van der Waals surface area (Å²) >= 11 is 0. The van der Waals surface area contributed by atoms with Gasteiger partial charge in [0, 0.05) is 41.3 Å². The fourth-order valence-electron chi connectivity index (χ4n) is 3.63. The van der Waals surface area contributed by atoms with Crippen LogP contribution in [0, 0.1) is 0 Å². The van der Waals surface area contributed by atoms with Gasteiger partial charge in [0.1, 0.15) is 6.61 Å². The molecule has 3 aromatic rings. The average Bonchev–Trinajstić information content (AvgIpc) is 3.11. The highest BCUT2D eigenvalue weighted by Crippen LogP contribution is 2.38. The van der Waals surface area contributed by atoms with Gasteiger partial charge in [-0.1, -0.05) is 12.1 Å². The van der Waals surface area contributed by atoms with E-state index < -0.39 is 16.0 Å². The summed E-state index contributed by atoms with van der Waals surface area (Å²) in [6.45, 7) is 0.402. The number of amides is 1. The number of methoxy groups -OCH3 is 2. The van der Waals surface area contributed by atoms with Gasteiger partial charge in [0.2, 0.25) is 0 Å². The van der Waals surface area contributed by atoms with E-state index in [1.54, 1.807) is 18.2 Å². The van der Waals surface area contributed by atoms with Gasteiger partial charge >= 0.3 is 5.97 Å². The number of nitrogens with one attached hydrogen (secondary N) is 2. The van der Waals surface area contributed by atoms with Gasteiger partial charge in [-0.05, 0) is 18.2 Å². The lowest BCUT2D eigenvalue weighted by Gasteiger charge is -2.16. The third-order valence-electron chi connectivity index (χ3n) is 5.11. The highest BCUT2D eigenvalue weighted by molar-refractivity contribution is 7.93. The van der Waals surface area contributed by atoms with Crippen molar-refractivity contribution in [2.75, 3.05) is 37.5 Å². The maximum Gasteiger partial charge on any atom is 0.337 e. The molecule has 3 N–H and O–H groups in total. The standard InChI is InChI=1S/C22H20N2O8S/c1-30-8-9-32-18-11-16(14(22(26)27)10-17(18)31-2)24-33(28,29)19-7-6-15-20-12(19)4-3-5-13(20)21(25)23-15/h3-7,10-11,24H,8-9H2,1-2H3,(H,23,25)(H,26,27). The highest BCUT2D eigenvalue weighted by atomic mass is 32.2. The van der Waals surface area contributed by atoms with Crippen molar-refractivity contribution in [1.82, 2.24) is 0 Å². The fourth-order valence-corrected chi connectivity index (χ4v) is 4.90. The van der Waals surface area contributed by atoms with E-state index in [9.17, 15) is 23.1 Å². The first-order valence-electron chi connectivity index (χ1n) is 9.73. The molecule has 3 aromatic carbocycles.